The molecule has 0 aromatic heterocycles. The van der Waals surface area contributed by atoms with E-state index in [1.807, 2.05) is 27.8 Å². The molecule has 3 aliphatic rings. The number of fused-ring (bicyclic) bond motifs is 3. The van der Waals surface area contributed by atoms with Gasteiger partial charge in [-0.05, 0) is 65.3 Å². The van der Waals surface area contributed by atoms with Crippen molar-refractivity contribution in [1.29, 1.82) is 0 Å². The largest absolute Gasteiger partial charge is 0.465 e. The van der Waals surface area contributed by atoms with Gasteiger partial charge in [-0.25, -0.2) is 0 Å². The number of nitrogens with one attached hydrogen (secondary N) is 1. The van der Waals surface area contributed by atoms with Crippen molar-refractivity contribution < 1.29 is 19.1 Å². The highest BCUT2D eigenvalue weighted by atomic mass is 16.5. The molecule has 0 radical (unpaired) electrons. The van der Waals surface area contributed by atoms with Crippen LogP contribution in [0.5, 0.6) is 0 Å². The minimum Gasteiger partial charge on any atom is -0.465 e. The normalized spacial score (nSPS) is 38.4. The molecule has 2 aliphatic carbocycles. The predicted octanol–water partition coefficient (Wildman–Crippen LogP) is 1.90. The predicted molar refractivity (Wildman–Crippen MR) is 81.0 cm³/mol. The molecule has 1 N–H and O–H groups in total. The second-order valence-electron chi connectivity index (χ2n) is 7.85. The van der Waals surface area contributed by atoms with E-state index in [0.29, 0.717) is 18.4 Å². The SMILES string of the molecule is CNC(C)C(C)(C)C(=O)OC1CC2CC1CC21CCOC1=O. The lowest BCUT2D eigenvalue weighted by Crippen LogP contribution is -2.46. The van der Waals surface area contributed by atoms with E-state index >= 15 is 0 Å². The quantitative estimate of drug-likeness (QED) is 0.804. The standard InChI is InChI=1S/C17H27NO4/c1-10(18-4)16(2,3)14(19)22-13-8-12-7-11(13)9-17(12)5-6-21-15(17)20/h10-13,18H,5-9H2,1-4H3. The van der Waals surface area contributed by atoms with Crippen LogP contribution in [0.2, 0.25) is 0 Å². The van der Waals surface area contributed by atoms with E-state index < -0.39 is 5.41 Å². The first kappa shape index (κ1) is 15.8. The summed E-state index contributed by atoms with van der Waals surface area (Å²) in [5.74, 6) is 0.485. The van der Waals surface area contributed by atoms with Crippen LogP contribution >= 0.6 is 0 Å². The van der Waals surface area contributed by atoms with Gasteiger partial charge in [-0.3, -0.25) is 9.59 Å². The maximum Gasteiger partial charge on any atom is 0.313 e. The van der Waals surface area contributed by atoms with Crippen molar-refractivity contribution in [1.82, 2.24) is 5.32 Å². The molecule has 3 fully saturated rings. The number of ether oxygens (including phenoxy) is 2. The summed E-state index contributed by atoms with van der Waals surface area (Å²) in [5.41, 5.74) is -0.818. The van der Waals surface area contributed by atoms with Crippen LogP contribution in [0.15, 0.2) is 0 Å². The summed E-state index contributed by atoms with van der Waals surface area (Å²) in [6, 6.07) is 0.0507. The summed E-state index contributed by atoms with van der Waals surface area (Å²) < 4.78 is 11.0. The van der Waals surface area contributed by atoms with Crippen LogP contribution in [0.25, 0.3) is 0 Å². The monoisotopic (exact) mass is 309 g/mol. The van der Waals surface area contributed by atoms with Gasteiger partial charge in [0.25, 0.3) is 0 Å². The smallest absolute Gasteiger partial charge is 0.313 e. The number of rotatable bonds is 4. The van der Waals surface area contributed by atoms with Crippen molar-refractivity contribution in [2.24, 2.45) is 22.7 Å². The number of esters is 2. The van der Waals surface area contributed by atoms with Crippen molar-refractivity contribution in [2.75, 3.05) is 13.7 Å². The first-order chi connectivity index (χ1) is 10.3. The summed E-state index contributed by atoms with van der Waals surface area (Å²) >= 11 is 0. The minimum atomic E-state index is -0.555. The fourth-order valence-corrected chi connectivity index (χ4v) is 4.49. The zero-order valence-corrected chi connectivity index (χ0v) is 14.0. The van der Waals surface area contributed by atoms with Gasteiger partial charge >= 0.3 is 11.9 Å². The average molecular weight is 309 g/mol. The highest BCUT2D eigenvalue weighted by molar-refractivity contribution is 5.80. The van der Waals surface area contributed by atoms with Gasteiger partial charge in [0.2, 0.25) is 0 Å². The van der Waals surface area contributed by atoms with Crippen molar-refractivity contribution in [3.05, 3.63) is 0 Å². The Hall–Kier alpha value is -1.10. The van der Waals surface area contributed by atoms with Crippen molar-refractivity contribution >= 4 is 11.9 Å². The van der Waals surface area contributed by atoms with Gasteiger partial charge in [0.05, 0.1) is 17.4 Å². The fraction of sp³-hybridized carbons (Fsp3) is 0.882. The number of hydrogen-bond acceptors (Lipinski definition) is 5. The van der Waals surface area contributed by atoms with Crippen LogP contribution in [0, 0.1) is 22.7 Å². The van der Waals surface area contributed by atoms with Crippen LogP contribution in [0.3, 0.4) is 0 Å². The van der Waals surface area contributed by atoms with E-state index in [-0.39, 0.29) is 29.5 Å². The van der Waals surface area contributed by atoms with Gasteiger partial charge in [-0.15, -0.1) is 0 Å². The molecule has 3 rings (SSSR count). The number of carbonyl (C=O) groups excluding carboxylic acids is 2. The zero-order valence-electron chi connectivity index (χ0n) is 14.0. The molecule has 1 saturated heterocycles. The number of hydrogen-bond donors (Lipinski definition) is 1. The van der Waals surface area contributed by atoms with Crippen LogP contribution in [0.1, 0.15) is 46.5 Å². The van der Waals surface area contributed by atoms with Crippen LogP contribution in [0.4, 0.5) is 0 Å². The second kappa shape index (κ2) is 5.22. The Morgan fingerprint density at radius 2 is 2.18 bits per heavy atom. The lowest BCUT2D eigenvalue weighted by molar-refractivity contribution is -0.165. The molecule has 5 heteroatoms. The highest BCUT2D eigenvalue weighted by Crippen LogP contribution is 2.60. The summed E-state index contributed by atoms with van der Waals surface area (Å²) in [6.07, 6.45) is 3.46. The Labute approximate surface area is 132 Å². The molecule has 5 unspecified atom stereocenters. The molecule has 1 spiro atoms. The third-order valence-corrected chi connectivity index (χ3v) is 6.53. The molecular formula is C17H27NO4. The van der Waals surface area contributed by atoms with Gasteiger partial charge in [0, 0.05) is 6.04 Å². The lowest BCUT2D eigenvalue weighted by atomic mass is 9.71. The summed E-state index contributed by atoms with van der Waals surface area (Å²) in [4.78, 5) is 24.6. The maximum atomic E-state index is 12.5. The number of cyclic esters (lactones) is 1. The van der Waals surface area contributed by atoms with Gasteiger partial charge in [-0.2, -0.15) is 0 Å². The van der Waals surface area contributed by atoms with E-state index in [4.69, 9.17) is 9.47 Å². The van der Waals surface area contributed by atoms with Gasteiger partial charge < -0.3 is 14.8 Å². The fourth-order valence-electron chi connectivity index (χ4n) is 4.49. The van der Waals surface area contributed by atoms with Crippen molar-refractivity contribution in [2.45, 2.75) is 58.6 Å². The Morgan fingerprint density at radius 3 is 2.68 bits per heavy atom. The maximum absolute atomic E-state index is 12.5. The molecule has 1 aliphatic heterocycles. The number of carbonyl (C=O) groups is 2. The van der Waals surface area contributed by atoms with E-state index in [1.54, 1.807) is 0 Å². The van der Waals surface area contributed by atoms with Crippen molar-refractivity contribution in [3.8, 4) is 0 Å². The van der Waals surface area contributed by atoms with Crippen LogP contribution in [-0.2, 0) is 19.1 Å². The molecular weight excluding hydrogens is 282 g/mol. The summed E-state index contributed by atoms with van der Waals surface area (Å²) in [7, 11) is 1.85. The minimum absolute atomic E-state index is 0.0195. The molecule has 124 valence electrons. The first-order valence-corrected chi connectivity index (χ1v) is 8.37. The molecule has 5 atom stereocenters. The summed E-state index contributed by atoms with van der Waals surface area (Å²) in [6.45, 7) is 6.38. The molecule has 1 heterocycles. The molecule has 2 bridgehead atoms. The van der Waals surface area contributed by atoms with E-state index in [9.17, 15) is 9.59 Å². The molecule has 0 aromatic carbocycles. The lowest BCUT2D eigenvalue weighted by Gasteiger charge is -2.36. The van der Waals surface area contributed by atoms with E-state index in [0.717, 1.165) is 25.7 Å². The molecule has 5 nitrogen and oxygen atoms in total. The summed E-state index contributed by atoms with van der Waals surface area (Å²) in [5, 5.41) is 3.13. The van der Waals surface area contributed by atoms with E-state index in [1.165, 1.54) is 0 Å². The molecule has 0 amide bonds. The second-order valence-corrected chi connectivity index (χ2v) is 7.85. The third kappa shape index (κ3) is 2.16. The Balaban J connectivity index is 1.64. The van der Waals surface area contributed by atoms with Gasteiger partial charge in [0.15, 0.2) is 0 Å². The van der Waals surface area contributed by atoms with Crippen LogP contribution in [-0.4, -0.2) is 37.7 Å². The third-order valence-electron chi connectivity index (χ3n) is 6.53. The van der Waals surface area contributed by atoms with Gasteiger partial charge in [-0.1, -0.05) is 0 Å². The Bertz CT molecular complexity index is 489. The average Bonchev–Trinajstić information content (AvgIpc) is 3.14. The Morgan fingerprint density at radius 1 is 1.45 bits per heavy atom. The molecule has 0 aromatic rings. The van der Waals surface area contributed by atoms with Crippen molar-refractivity contribution in [3.63, 3.8) is 0 Å². The van der Waals surface area contributed by atoms with Gasteiger partial charge in [0.1, 0.15) is 6.10 Å². The highest BCUT2D eigenvalue weighted by Gasteiger charge is 2.62. The topological polar surface area (TPSA) is 64.6 Å². The molecule has 2 saturated carbocycles. The molecule has 22 heavy (non-hydrogen) atoms. The van der Waals surface area contributed by atoms with Crippen LogP contribution < -0.4 is 5.32 Å². The first-order valence-electron chi connectivity index (χ1n) is 8.37. The Kier molecular flexibility index (Phi) is 3.75. The van der Waals surface area contributed by atoms with E-state index in [2.05, 4.69) is 5.32 Å². The zero-order chi connectivity index (χ0) is 16.1.